The highest BCUT2D eigenvalue weighted by molar-refractivity contribution is 9.11. The van der Waals surface area contributed by atoms with E-state index in [4.69, 9.17) is 0 Å². The van der Waals surface area contributed by atoms with Crippen molar-refractivity contribution < 1.29 is 18.4 Å². The van der Waals surface area contributed by atoms with Gasteiger partial charge in [-0.1, -0.05) is 0 Å². The number of hydrogen-bond donors (Lipinski definition) is 2. The van der Waals surface area contributed by atoms with Crippen molar-refractivity contribution in [2.45, 2.75) is 0 Å². The van der Waals surface area contributed by atoms with Crippen LogP contribution in [0.3, 0.4) is 0 Å². The maximum Gasteiger partial charge on any atom is 0.314 e. The molecule has 0 unspecified atom stereocenters. The number of carbonyl (C=O) groups is 2. The van der Waals surface area contributed by atoms with Gasteiger partial charge in [-0.3, -0.25) is 9.59 Å². The largest absolute Gasteiger partial charge is 0.316 e. The monoisotopic (exact) mass is 588 g/mol. The maximum atomic E-state index is 13.2. The topological polar surface area (TPSA) is 58.2 Å². The lowest BCUT2D eigenvalue weighted by molar-refractivity contribution is -0.133. The van der Waals surface area contributed by atoms with Crippen LogP contribution in [0.4, 0.5) is 20.2 Å². The first-order valence-electron chi connectivity index (χ1n) is 6.10. The van der Waals surface area contributed by atoms with Crippen LogP contribution < -0.4 is 10.6 Å². The summed E-state index contributed by atoms with van der Waals surface area (Å²) < 4.78 is 27.5. The minimum Gasteiger partial charge on any atom is -0.316 e. The van der Waals surface area contributed by atoms with Gasteiger partial charge in [0.2, 0.25) is 0 Å². The van der Waals surface area contributed by atoms with Crippen molar-refractivity contribution in [3.05, 3.63) is 53.8 Å². The fraction of sp³-hybridized carbons (Fsp3) is 0. The SMILES string of the molecule is O=C(Nc1c(Br)cc(F)cc1Br)C(=O)Nc1c(Br)cc(F)cc1Br. The van der Waals surface area contributed by atoms with Gasteiger partial charge in [0, 0.05) is 17.9 Å². The second-order valence-electron chi connectivity index (χ2n) is 4.40. The van der Waals surface area contributed by atoms with Crippen LogP contribution in [0, 0.1) is 11.6 Å². The van der Waals surface area contributed by atoms with Crippen LogP contribution in [0.15, 0.2) is 42.2 Å². The van der Waals surface area contributed by atoms with Gasteiger partial charge in [-0.2, -0.15) is 0 Å². The zero-order valence-electron chi connectivity index (χ0n) is 11.4. The Morgan fingerprint density at radius 1 is 0.667 bits per heavy atom. The number of nitrogens with one attached hydrogen (secondary N) is 2. The number of hydrogen-bond acceptors (Lipinski definition) is 2. The van der Waals surface area contributed by atoms with E-state index in [1.54, 1.807) is 0 Å². The predicted molar refractivity (Wildman–Crippen MR) is 101 cm³/mol. The highest BCUT2D eigenvalue weighted by Gasteiger charge is 2.20. The number of benzene rings is 2. The van der Waals surface area contributed by atoms with Crippen LogP contribution in [0.5, 0.6) is 0 Å². The quantitative estimate of drug-likeness (QED) is 0.448. The first-order chi connectivity index (χ1) is 11.2. The molecule has 2 aromatic carbocycles. The van der Waals surface area contributed by atoms with Gasteiger partial charge in [0.1, 0.15) is 11.6 Å². The van der Waals surface area contributed by atoms with Crippen LogP contribution in [-0.2, 0) is 9.59 Å². The third-order valence-electron chi connectivity index (χ3n) is 2.70. The summed E-state index contributed by atoms with van der Waals surface area (Å²) in [5.74, 6) is -3.00. The predicted octanol–water partition coefficient (Wildman–Crippen LogP) is 5.59. The summed E-state index contributed by atoms with van der Waals surface area (Å²) in [4.78, 5) is 24.1. The molecule has 0 heterocycles. The molecule has 2 amide bonds. The van der Waals surface area contributed by atoms with Crippen LogP contribution in [0.25, 0.3) is 0 Å². The van der Waals surface area contributed by atoms with E-state index in [-0.39, 0.29) is 29.3 Å². The van der Waals surface area contributed by atoms with Crippen LogP contribution in [-0.4, -0.2) is 11.8 Å². The Labute approximate surface area is 168 Å². The van der Waals surface area contributed by atoms with Crippen LogP contribution in [0.2, 0.25) is 0 Å². The zero-order chi connectivity index (χ0) is 18.0. The molecule has 2 N–H and O–H groups in total. The molecule has 0 aliphatic carbocycles. The third kappa shape index (κ3) is 4.62. The minimum absolute atomic E-state index is 0.203. The fourth-order valence-corrected chi connectivity index (χ4v) is 4.32. The van der Waals surface area contributed by atoms with Crippen molar-refractivity contribution in [1.29, 1.82) is 0 Å². The Balaban J connectivity index is 2.19. The summed E-state index contributed by atoms with van der Waals surface area (Å²) in [6, 6.07) is 4.58. The van der Waals surface area contributed by atoms with Crippen LogP contribution >= 0.6 is 63.7 Å². The molecule has 0 radical (unpaired) electrons. The van der Waals surface area contributed by atoms with E-state index < -0.39 is 23.4 Å². The van der Waals surface area contributed by atoms with Gasteiger partial charge in [-0.15, -0.1) is 0 Å². The minimum atomic E-state index is -0.980. The molecule has 0 saturated heterocycles. The highest BCUT2D eigenvalue weighted by Crippen LogP contribution is 2.33. The average molecular weight is 592 g/mol. The maximum absolute atomic E-state index is 13.2. The number of amides is 2. The lowest BCUT2D eigenvalue weighted by Crippen LogP contribution is -2.29. The molecule has 0 saturated carbocycles. The zero-order valence-corrected chi connectivity index (χ0v) is 17.7. The molecule has 126 valence electrons. The molecule has 0 fully saturated rings. The molecule has 10 heteroatoms. The smallest absolute Gasteiger partial charge is 0.314 e. The molecule has 4 nitrogen and oxygen atoms in total. The Hall–Kier alpha value is -0.840. The van der Waals surface area contributed by atoms with E-state index in [1.807, 2.05) is 0 Å². The number of rotatable bonds is 2. The van der Waals surface area contributed by atoms with E-state index in [0.717, 1.165) is 24.3 Å². The van der Waals surface area contributed by atoms with Crippen LogP contribution in [0.1, 0.15) is 0 Å². The van der Waals surface area contributed by atoms with E-state index >= 15 is 0 Å². The lowest BCUT2D eigenvalue weighted by atomic mass is 10.3. The standard InChI is InChI=1S/C14H6Br4F2N2O2/c15-7-1-5(19)2-8(16)11(7)21-13(23)14(24)22-12-9(17)3-6(20)4-10(12)18/h1-4H,(H,21,23)(H,22,24). The molecule has 0 aliphatic heterocycles. The third-order valence-corrected chi connectivity index (χ3v) is 5.20. The summed E-state index contributed by atoms with van der Waals surface area (Å²) in [7, 11) is 0. The van der Waals surface area contributed by atoms with Gasteiger partial charge in [-0.05, 0) is 88.0 Å². The molecule has 2 rings (SSSR count). The Morgan fingerprint density at radius 3 is 1.17 bits per heavy atom. The van der Waals surface area contributed by atoms with Gasteiger partial charge in [-0.25, -0.2) is 8.78 Å². The van der Waals surface area contributed by atoms with E-state index in [9.17, 15) is 18.4 Å². The first kappa shape index (κ1) is 19.5. The van der Waals surface area contributed by atoms with Crippen molar-refractivity contribution in [3.63, 3.8) is 0 Å². The molecule has 0 aromatic heterocycles. The number of anilines is 2. The van der Waals surface area contributed by atoms with E-state index in [1.165, 1.54) is 0 Å². The lowest BCUT2D eigenvalue weighted by Gasteiger charge is -2.12. The summed E-state index contributed by atoms with van der Waals surface area (Å²) in [6.07, 6.45) is 0. The number of halogens is 6. The fourth-order valence-electron chi connectivity index (χ4n) is 1.66. The van der Waals surface area contributed by atoms with Gasteiger partial charge >= 0.3 is 11.8 Å². The molecular formula is C14H6Br4F2N2O2. The van der Waals surface area contributed by atoms with Gasteiger partial charge in [0.25, 0.3) is 0 Å². The van der Waals surface area contributed by atoms with Crippen molar-refractivity contribution in [2.24, 2.45) is 0 Å². The Bertz CT molecular complexity index is 730. The molecule has 0 aliphatic rings. The van der Waals surface area contributed by atoms with E-state index in [2.05, 4.69) is 74.4 Å². The second kappa shape index (κ2) is 8.03. The van der Waals surface area contributed by atoms with Crippen molar-refractivity contribution in [1.82, 2.24) is 0 Å². The Kier molecular flexibility index (Phi) is 6.52. The van der Waals surface area contributed by atoms with Gasteiger partial charge in [0.05, 0.1) is 11.4 Å². The summed E-state index contributed by atoms with van der Waals surface area (Å²) >= 11 is 12.4. The molecule has 24 heavy (non-hydrogen) atoms. The molecule has 2 aromatic rings. The van der Waals surface area contributed by atoms with E-state index in [0.29, 0.717) is 0 Å². The van der Waals surface area contributed by atoms with Crippen molar-refractivity contribution >= 4 is 86.9 Å². The Morgan fingerprint density at radius 2 is 0.917 bits per heavy atom. The first-order valence-corrected chi connectivity index (χ1v) is 9.27. The normalized spacial score (nSPS) is 10.4. The van der Waals surface area contributed by atoms with Crippen molar-refractivity contribution in [2.75, 3.05) is 10.6 Å². The molecule has 0 bridgehead atoms. The summed E-state index contributed by atoms with van der Waals surface area (Å²) in [6.45, 7) is 0. The van der Waals surface area contributed by atoms with Crippen molar-refractivity contribution in [3.8, 4) is 0 Å². The average Bonchev–Trinajstić information content (AvgIpc) is 2.46. The summed E-state index contributed by atoms with van der Waals surface area (Å²) in [5.41, 5.74) is 0.405. The van der Waals surface area contributed by atoms with Gasteiger partial charge < -0.3 is 10.6 Å². The molecule has 0 atom stereocenters. The number of carbonyl (C=O) groups excluding carboxylic acids is 2. The molecular weight excluding hydrogens is 586 g/mol. The highest BCUT2D eigenvalue weighted by atomic mass is 79.9. The van der Waals surface area contributed by atoms with Gasteiger partial charge in [0.15, 0.2) is 0 Å². The summed E-state index contributed by atoms with van der Waals surface area (Å²) in [5, 5.41) is 4.72. The molecule has 0 spiro atoms. The second-order valence-corrected chi connectivity index (χ2v) is 7.81.